The third kappa shape index (κ3) is 5.05. The molecule has 0 aromatic heterocycles. The first-order chi connectivity index (χ1) is 12.6. The van der Waals surface area contributed by atoms with Gasteiger partial charge in [-0.25, -0.2) is 4.39 Å². The molecule has 1 aliphatic heterocycles. The Labute approximate surface area is 163 Å². The molecule has 1 heterocycles. The van der Waals surface area contributed by atoms with E-state index in [2.05, 4.69) is 10.6 Å². The molecule has 0 fully saturated rings. The van der Waals surface area contributed by atoms with Crippen molar-refractivity contribution in [2.24, 2.45) is 0 Å². The van der Waals surface area contributed by atoms with Crippen LogP contribution in [0.25, 0.3) is 0 Å². The van der Waals surface area contributed by atoms with E-state index in [1.54, 1.807) is 37.3 Å². The van der Waals surface area contributed by atoms with Crippen molar-refractivity contribution in [3.63, 3.8) is 0 Å². The zero-order chi connectivity index (χ0) is 18.5. The minimum atomic E-state index is -0.438. The molecule has 2 aromatic carbocycles. The SMILES string of the molecule is CCC(=O)c1ccc(OCC(=O)Nc2ccc3c(c2F)CCNC3)cc1.Cl. The van der Waals surface area contributed by atoms with E-state index >= 15 is 0 Å². The van der Waals surface area contributed by atoms with Crippen LogP contribution in [0.3, 0.4) is 0 Å². The number of rotatable bonds is 6. The van der Waals surface area contributed by atoms with E-state index in [4.69, 9.17) is 4.74 Å². The fourth-order valence-electron chi connectivity index (χ4n) is 2.91. The Kier molecular flexibility index (Phi) is 7.33. The van der Waals surface area contributed by atoms with Crippen LogP contribution in [0.4, 0.5) is 10.1 Å². The Balaban J connectivity index is 0.00000261. The fourth-order valence-corrected chi connectivity index (χ4v) is 2.91. The smallest absolute Gasteiger partial charge is 0.262 e. The maximum atomic E-state index is 14.5. The molecule has 1 amide bonds. The molecule has 144 valence electrons. The maximum Gasteiger partial charge on any atom is 0.262 e. The van der Waals surface area contributed by atoms with Crippen molar-refractivity contribution in [2.45, 2.75) is 26.3 Å². The molecule has 0 radical (unpaired) electrons. The van der Waals surface area contributed by atoms with Gasteiger partial charge in [0.15, 0.2) is 12.4 Å². The number of fused-ring (bicyclic) bond motifs is 1. The number of halogens is 2. The third-order valence-corrected chi connectivity index (χ3v) is 4.35. The molecule has 2 aromatic rings. The summed E-state index contributed by atoms with van der Waals surface area (Å²) in [4.78, 5) is 23.6. The van der Waals surface area contributed by atoms with Crippen LogP contribution in [0.1, 0.15) is 34.8 Å². The highest BCUT2D eigenvalue weighted by molar-refractivity contribution is 5.96. The van der Waals surface area contributed by atoms with E-state index in [1.807, 2.05) is 6.07 Å². The number of hydrogen-bond acceptors (Lipinski definition) is 4. The Morgan fingerprint density at radius 1 is 1.19 bits per heavy atom. The van der Waals surface area contributed by atoms with Crippen molar-refractivity contribution in [2.75, 3.05) is 18.5 Å². The number of carbonyl (C=O) groups is 2. The summed E-state index contributed by atoms with van der Waals surface area (Å²) in [5.41, 5.74) is 2.35. The van der Waals surface area contributed by atoms with Gasteiger partial charge in [-0.05, 0) is 54.4 Å². The molecule has 0 aliphatic carbocycles. The number of hydrogen-bond donors (Lipinski definition) is 2. The Morgan fingerprint density at radius 3 is 2.63 bits per heavy atom. The van der Waals surface area contributed by atoms with Crippen molar-refractivity contribution in [3.8, 4) is 5.75 Å². The lowest BCUT2D eigenvalue weighted by atomic mass is 9.99. The van der Waals surface area contributed by atoms with Gasteiger partial charge in [-0.2, -0.15) is 0 Å². The van der Waals surface area contributed by atoms with E-state index in [-0.39, 0.29) is 36.3 Å². The van der Waals surface area contributed by atoms with Crippen molar-refractivity contribution < 1.29 is 18.7 Å². The summed E-state index contributed by atoms with van der Waals surface area (Å²) in [7, 11) is 0. The van der Waals surface area contributed by atoms with Crippen LogP contribution in [0, 0.1) is 5.82 Å². The lowest BCUT2D eigenvalue weighted by molar-refractivity contribution is -0.118. The summed E-state index contributed by atoms with van der Waals surface area (Å²) >= 11 is 0. The van der Waals surface area contributed by atoms with E-state index in [9.17, 15) is 14.0 Å². The standard InChI is InChI=1S/C20H21FN2O3.ClH/c1-2-18(24)13-3-6-15(7-4-13)26-12-19(25)23-17-8-5-14-11-22-10-9-16(14)20(17)21;/h3-8,22H,2,9-12H2,1H3,(H,23,25);1H. The average Bonchev–Trinajstić information content (AvgIpc) is 2.68. The molecule has 0 saturated heterocycles. The number of Topliss-reactive ketones (excluding diaryl/α,β-unsaturated/α-hetero) is 1. The summed E-state index contributed by atoms with van der Waals surface area (Å²) < 4.78 is 19.9. The number of ether oxygens (including phenoxy) is 1. The van der Waals surface area contributed by atoms with Crippen LogP contribution in [0.15, 0.2) is 36.4 Å². The molecule has 1 aliphatic rings. The second kappa shape index (κ2) is 9.48. The van der Waals surface area contributed by atoms with Gasteiger partial charge in [0.05, 0.1) is 5.69 Å². The van der Waals surface area contributed by atoms with E-state index in [1.165, 1.54) is 0 Å². The molecular weight excluding hydrogens is 371 g/mol. The first-order valence-corrected chi connectivity index (χ1v) is 8.65. The van der Waals surface area contributed by atoms with Crippen LogP contribution in [-0.4, -0.2) is 24.8 Å². The minimum Gasteiger partial charge on any atom is -0.484 e. The highest BCUT2D eigenvalue weighted by Crippen LogP contribution is 2.24. The monoisotopic (exact) mass is 392 g/mol. The Morgan fingerprint density at radius 2 is 1.93 bits per heavy atom. The van der Waals surface area contributed by atoms with E-state index < -0.39 is 5.91 Å². The van der Waals surface area contributed by atoms with Crippen molar-refractivity contribution in [1.82, 2.24) is 5.32 Å². The lowest BCUT2D eigenvalue weighted by Gasteiger charge is -2.19. The number of anilines is 1. The Bertz CT molecular complexity index is 825. The number of carbonyl (C=O) groups excluding carboxylic acids is 2. The summed E-state index contributed by atoms with van der Waals surface area (Å²) in [5.74, 6) is -0.288. The van der Waals surface area contributed by atoms with Gasteiger partial charge < -0.3 is 15.4 Å². The molecule has 0 spiro atoms. The molecule has 0 bridgehead atoms. The summed E-state index contributed by atoms with van der Waals surface area (Å²) in [6.07, 6.45) is 1.04. The van der Waals surface area contributed by atoms with Gasteiger partial charge in [-0.15, -0.1) is 12.4 Å². The van der Waals surface area contributed by atoms with E-state index in [0.717, 1.165) is 12.1 Å². The normalized spacial score (nSPS) is 12.5. The molecule has 27 heavy (non-hydrogen) atoms. The molecule has 2 N–H and O–H groups in total. The third-order valence-electron chi connectivity index (χ3n) is 4.35. The van der Waals surface area contributed by atoms with Gasteiger partial charge in [0, 0.05) is 18.5 Å². The number of ketones is 1. The van der Waals surface area contributed by atoms with Crippen molar-refractivity contribution in [3.05, 3.63) is 58.9 Å². The maximum absolute atomic E-state index is 14.5. The number of benzene rings is 2. The molecule has 0 unspecified atom stereocenters. The number of nitrogens with one attached hydrogen (secondary N) is 2. The molecule has 7 heteroatoms. The first-order valence-electron chi connectivity index (χ1n) is 8.65. The Hall–Kier alpha value is -2.44. The zero-order valence-corrected chi connectivity index (χ0v) is 15.8. The van der Waals surface area contributed by atoms with Crippen LogP contribution >= 0.6 is 12.4 Å². The lowest BCUT2D eigenvalue weighted by Crippen LogP contribution is -2.26. The van der Waals surface area contributed by atoms with Crippen LogP contribution in [0.2, 0.25) is 0 Å². The highest BCUT2D eigenvalue weighted by Gasteiger charge is 2.17. The van der Waals surface area contributed by atoms with Gasteiger partial charge in [0.2, 0.25) is 0 Å². The van der Waals surface area contributed by atoms with Crippen LogP contribution < -0.4 is 15.4 Å². The summed E-state index contributed by atoms with van der Waals surface area (Å²) in [5, 5.41) is 5.74. The van der Waals surface area contributed by atoms with Gasteiger partial charge >= 0.3 is 0 Å². The molecular formula is C20H22ClFN2O3. The first kappa shape index (κ1) is 20.9. The summed E-state index contributed by atoms with van der Waals surface area (Å²) in [6, 6.07) is 10.0. The second-order valence-electron chi connectivity index (χ2n) is 6.13. The molecule has 5 nitrogen and oxygen atoms in total. The average molecular weight is 393 g/mol. The highest BCUT2D eigenvalue weighted by atomic mass is 35.5. The molecule has 0 atom stereocenters. The van der Waals surface area contributed by atoms with Gasteiger partial charge in [0.25, 0.3) is 5.91 Å². The second-order valence-corrected chi connectivity index (χ2v) is 6.13. The van der Waals surface area contributed by atoms with Gasteiger partial charge in [-0.1, -0.05) is 13.0 Å². The molecule has 3 rings (SSSR count). The van der Waals surface area contributed by atoms with Crippen LogP contribution in [-0.2, 0) is 17.8 Å². The van der Waals surface area contributed by atoms with E-state index in [0.29, 0.717) is 36.3 Å². The predicted octanol–water partition coefficient (Wildman–Crippen LogP) is 3.50. The van der Waals surface area contributed by atoms with Gasteiger partial charge in [-0.3, -0.25) is 9.59 Å². The molecule has 0 saturated carbocycles. The van der Waals surface area contributed by atoms with Gasteiger partial charge in [0.1, 0.15) is 11.6 Å². The van der Waals surface area contributed by atoms with Crippen molar-refractivity contribution >= 4 is 29.8 Å². The largest absolute Gasteiger partial charge is 0.484 e. The van der Waals surface area contributed by atoms with Crippen molar-refractivity contribution in [1.29, 1.82) is 0 Å². The zero-order valence-electron chi connectivity index (χ0n) is 15.0. The number of amides is 1. The quantitative estimate of drug-likeness (QED) is 0.738. The minimum absolute atomic E-state index is 0. The predicted molar refractivity (Wildman–Crippen MR) is 104 cm³/mol. The topological polar surface area (TPSA) is 67.4 Å². The summed E-state index contributed by atoms with van der Waals surface area (Å²) in [6.45, 7) is 2.92. The fraction of sp³-hybridized carbons (Fsp3) is 0.300. The van der Waals surface area contributed by atoms with Crippen LogP contribution in [0.5, 0.6) is 5.75 Å².